The van der Waals surface area contributed by atoms with E-state index in [1.54, 1.807) is 36.4 Å². The number of methoxy groups -OCH3 is 1. The summed E-state index contributed by atoms with van der Waals surface area (Å²) in [5.41, 5.74) is 1.77. The predicted molar refractivity (Wildman–Crippen MR) is 109 cm³/mol. The standard InChI is InChI=1S/C22H20N2O6/c1-3-9-24-20(25)17(23-22(24)28)11-14-7-8-18(19(12-14)29-2)30-13-15-5-4-6-16(10-15)21(26)27/h3-8,10,12H,1,9,11,13H2,2H3,(H,26,27). The summed E-state index contributed by atoms with van der Waals surface area (Å²) >= 11 is 0. The number of rotatable bonds is 9. The van der Waals surface area contributed by atoms with Crippen LogP contribution in [0.4, 0.5) is 4.79 Å². The van der Waals surface area contributed by atoms with E-state index in [1.807, 2.05) is 0 Å². The minimum Gasteiger partial charge on any atom is -0.493 e. The summed E-state index contributed by atoms with van der Waals surface area (Å²) in [6.07, 6.45) is 1.64. The summed E-state index contributed by atoms with van der Waals surface area (Å²) < 4.78 is 11.1. The number of nitrogens with zero attached hydrogens (tertiary/aromatic N) is 2. The first-order chi connectivity index (χ1) is 14.4. The number of carbonyl (C=O) groups excluding carboxylic acids is 2. The molecule has 1 heterocycles. The molecule has 0 saturated carbocycles. The number of carboxylic acid groups (broad SMARTS) is 1. The first kappa shape index (κ1) is 20.8. The molecular weight excluding hydrogens is 388 g/mol. The van der Waals surface area contributed by atoms with E-state index in [-0.39, 0.29) is 30.8 Å². The predicted octanol–water partition coefficient (Wildman–Crippen LogP) is 3.10. The number of carbonyl (C=O) groups is 3. The molecule has 2 aromatic carbocycles. The van der Waals surface area contributed by atoms with Gasteiger partial charge in [-0.15, -0.1) is 6.58 Å². The van der Waals surface area contributed by atoms with Crippen molar-refractivity contribution in [1.29, 1.82) is 0 Å². The third-order valence-electron chi connectivity index (χ3n) is 4.43. The molecule has 0 aromatic heterocycles. The number of benzene rings is 2. The lowest BCUT2D eigenvalue weighted by molar-refractivity contribution is -0.120. The fourth-order valence-corrected chi connectivity index (χ4v) is 2.96. The molecule has 0 spiro atoms. The molecule has 154 valence electrons. The van der Waals surface area contributed by atoms with Crippen molar-refractivity contribution < 1.29 is 29.0 Å². The van der Waals surface area contributed by atoms with Crippen molar-refractivity contribution in [2.75, 3.05) is 13.7 Å². The zero-order valence-electron chi connectivity index (χ0n) is 16.3. The van der Waals surface area contributed by atoms with Gasteiger partial charge in [0.1, 0.15) is 12.3 Å². The third kappa shape index (κ3) is 4.54. The zero-order chi connectivity index (χ0) is 21.7. The van der Waals surface area contributed by atoms with Gasteiger partial charge in [0.15, 0.2) is 11.5 Å². The van der Waals surface area contributed by atoms with Crippen LogP contribution in [0.25, 0.3) is 0 Å². The fourth-order valence-electron chi connectivity index (χ4n) is 2.96. The highest BCUT2D eigenvalue weighted by molar-refractivity contribution is 6.46. The van der Waals surface area contributed by atoms with Gasteiger partial charge in [-0.2, -0.15) is 4.99 Å². The molecule has 0 aliphatic carbocycles. The molecule has 0 saturated heterocycles. The highest BCUT2D eigenvalue weighted by Crippen LogP contribution is 2.29. The van der Waals surface area contributed by atoms with E-state index in [9.17, 15) is 14.4 Å². The van der Waals surface area contributed by atoms with Crippen molar-refractivity contribution in [2.24, 2.45) is 4.99 Å². The Balaban J connectivity index is 1.71. The summed E-state index contributed by atoms with van der Waals surface area (Å²) in [7, 11) is 1.49. The molecule has 0 radical (unpaired) electrons. The second-order valence-corrected chi connectivity index (χ2v) is 6.50. The van der Waals surface area contributed by atoms with Gasteiger partial charge in [-0.25, -0.2) is 9.59 Å². The van der Waals surface area contributed by atoms with Crippen LogP contribution in [0.5, 0.6) is 11.5 Å². The molecule has 1 aliphatic heterocycles. The highest BCUT2D eigenvalue weighted by Gasteiger charge is 2.32. The Morgan fingerprint density at radius 2 is 1.97 bits per heavy atom. The van der Waals surface area contributed by atoms with Gasteiger partial charge in [0.05, 0.1) is 12.7 Å². The van der Waals surface area contributed by atoms with Crippen LogP contribution in [0.15, 0.2) is 60.1 Å². The molecule has 1 N–H and O–H groups in total. The minimum atomic E-state index is -1.01. The van der Waals surface area contributed by atoms with Crippen molar-refractivity contribution in [3.8, 4) is 11.5 Å². The molecule has 0 fully saturated rings. The zero-order valence-corrected chi connectivity index (χ0v) is 16.3. The number of urea groups is 1. The molecule has 3 amide bonds. The smallest absolute Gasteiger partial charge is 0.351 e. The summed E-state index contributed by atoms with van der Waals surface area (Å²) in [6.45, 7) is 3.81. The summed E-state index contributed by atoms with van der Waals surface area (Å²) in [5.74, 6) is -0.529. The molecule has 8 heteroatoms. The van der Waals surface area contributed by atoms with Crippen LogP contribution >= 0.6 is 0 Å². The van der Waals surface area contributed by atoms with Gasteiger partial charge in [0, 0.05) is 13.0 Å². The van der Waals surface area contributed by atoms with Crippen LogP contribution in [-0.4, -0.2) is 47.3 Å². The summed E-state index contributed by atoms with van der Waals surface area (Å²) in [6, 6.07) is 11.0. The Morgan fingerprint density at radius 1 is 1.17 bits per heavy atom. The Hall–Kier alpha value is -3.94. The van der Waals surface area contributed by atoms with Crippen LogP contribution in [0.1, 0.15) is 21.5 Å². The Bertz CT molecular complexity index is 1040. The van der Waals surface area contributed by atoms with Crippen LogP contribution in [-0.2, 0) is 17.8 Å². The van der Waals surface area contributed by atoms with Gasteiger partial charge in [-0.05, 0) is 35.4 Å². The SMILES string of the molecule is C=CCN1C(=O)N=C(Cc2ccc(OCc3cccc(C(=O)O)c3)c(OC)c2)C1=O. The fraction of sp³-hybridized carbons (Fsp3) is 0.182. The molecule has 0 bridgehead atoms. The first-order valence-corrected chi connectivity index (χ1v) is 9.09. The maximum absolute atomic E-state index is 12.3. The van der Waals surface area contributed by atoms with Gasteiger partial charge in [0.25, 0.3) is 5.91 Å². The quantitative estimate of drug-likeness (QED) is 0.639. The molecule has 0 atom stereocenters. The van der Waals surface area contributed by atoms with Crippen molar-refractivity contribution in [3.05, 3.63) is 71.8 Å². The van der Waals surface area contributed by atoms with Crippen molar-refractivity contribution in [1.82, 2.24) is 4.90 Å². The number of carboxylic acids is 1. The number of imide groups is 1. The first-order valence-electron chi connectivity index (χ1n) is 9.09. The number of aliphatic imine (C=N–C) groups is 1. The monoisotopic (exact) mass is 408 g/mol. The number of hydrogen-bond donors (Lipinski definition) is 1. The molecule has 0 unspecified atom stereocenters. The molecular formula is C22H20N2O6. The number of aromatic carboxylic acids is 1. The largest absolute Gasteiger partial charge is 0.493 e. The normalized spacial score (nSPS) is 13.2. The van der Waals surface area contributed by atoms with Crippen LogP contribution in [0.3, 0.4) is 0 Å². The average Bonchev–Trinajstić information content (AvgIpc) is 3.00. The number of amides is 3. The lowest BCUT2D eigenvalue weighted by atomic mass is 10.1. The van der Waals surface area contributed by atoms with E-state index < -0.39 is 17.9 Å². The second kappa shape index (κ2) is 9.04. The van der Waals surface area contributed by atoms with Gasteiger partial charge in [0.2, 0.25) is 0 Å². The molecule has 2 aromatic rings. The Labute approximate surface area is 173 Å². The van der Waals surface area contributed by atoms with Crippen molar-refractivity contribution in [2.45, 2.75) is 13.0 Å². The average molecular weight is 408 g/mol. The minimum absolute atomic E-state index is 0.115. The summed E-state index contributed by atoms with van der Waals surface area (Å²) in [4.78, 5) is 40.1. The second-order valence-electron chi connectivity index (χ2n) is 6.50. The van der Waals surface area contributed by atoms with E-state index >= 15 is 0 Å². The molecule has 30 heavy (non-hydrogen) atoms. The number of ether oxygens (including phenoxy) is 2. The molecule has 3 rings (SSSR count). The lowest BCUT2D eigenvalue weighted by Crippen LogP contribution is -2.33. The third-order valence-corrected chi connectivity index (χ3v) is 4.43. The topological polar surface area (TPSA) is 106 Å². The van der Waals surface area contributed by atoms with Crippen molar-refractivity contribution in [3.63, 3.8) is 0 Å². The van der Waals surface area contributed by atoms with Gasteiger partial charge < -0.3 is 14.6 Å². The lowest BCUT2D eigenvalue weighted by Gasteiger charge is -2.13. The van der Waals surface area contributed by atoms with Gasteiger partial charge in [-0.1, -0.05) is 24.3 Å². The van der Waals surface area contributed by atoms with Gasteiger partial charge >= 0.3 is 12.0 Å². The van der Waals surface area contributed by atoms with E-state index in [0.29, 0.717) is 17.1 Å². The van der Waals surface area contributed by atoms with E-state index in [4.69, 9.17) is 14.6 Å². The Morgan fingerprint density at radius 3 is 2.67 bits per heavy atom. The maximum Gasteiger partial charge on any atom is 0.351 e. The maximum atomic E-state index is 12.3. The molecule has 1 aliphatic rings. The van der Waals surface area contributed by atoms with Crippen LogP contribution < -0.4 is 9.47 Å². The van der Waals surface area contributed by atoms with E-state index in [0.717, 1.165) is 10.5 Å². The molecule has 8 nitrogen and oxygen atoms in total. The Kier molecular flexibility index (Phi) is 6.26. The van der Waals surface area contributed by atoms with Crippen LogP contribution in [0, 0.1) is 0 Å². The van der Waals surface area contributed by atoms with E-state index in [1.165, 1.54) is 19.3 Å². The van der Waals surface area contributed by atoms with Crippen molar-refractivity contribution >= 4 is 23.6 Å². The summed E-state index contributed by atoms with van der Waals surface area (Å²) in [5, 5.41) is 9.08. The number of hydrogen-bond acceptors (Lipinski definition) is 5. The van der Waals surface area contributed by atoms with Gasteiger partial charge in [-0.3, -0.25) is 9.69 Å². The van der Waals surface area contributed by atoms with E-state index in [2.05, 4.69) is 11.6 Å². The highest BCUT2D eigenvalue weighted by atomic mass is 16.5. The van der Waals surface area contributed by atoms with Crippen LogP contribution in [0.2, 0.25) is 0 Å².